The molecule has 0 saturated heterocycles. The Morgan fingerprint density at radius 3 is 1.90 bits per heavy atom. The molecule has 0 bridgehead atoms. The van der Waals surface area contributed by atoms with Crippen molar-refractivity contribution >= 4 is 56.9 Å². The number of hydrogen-bond acceptors (Lipinski definition) is 6. The van der Waals surface area contributed by atoms with E-state index in [1.54, 1.807) is 0 Å². The van der Waals surface area contributed by atoms with E-state index < -0.39 is 0 Å². The van der Waals surface area contributed by atoms with E-state index in [0.717, 1.165) is 5.22 Å². The highest BCUT2D eigenvalue weighted by Crippen LogP contribution is 2.59. The van der Waals surface area contributed by atoms with Crippen LogP contribution in [0.1, 0.15) is 0 Å². The van der Waals surface area contributed by atoms with Gasteiger partial charge < -0.3 is 0 Å². The number of benzene rings is 1. The van der Waals surface area contributed by atoms with Crippen LogP contribution < -0.4 is 10.4 Å². The van der Waals surface area contributed by atoms with Gasteiger partial charge in [-0.3, -0.25) is 0 Å². The molecule has 0 saturated carbocycles. The van der Waals surface area contributed by atoms with Crippen LogP contribution in [0.4, 0.5) is 0 Å². The van der Waals surface area contributed by atoms with E-state index in [1.165, 1.54) is 24.2 Å². The van der Waals surface area contributed by atoms with Gasteiger partial charge in [-0.1, -0.05) is 47.8 Å². The first-order chi connectivity index (χ1) is 9.81. The summed E-state index contributed by atoms with van der Waals surface area (Å²) in [5.41, 5.74) is 0.164. The average Bonchev–Trinajstić information content (AvgIpc) is 2.93. The second-order valence-electron chi connectivity index (χ2n) is 3.94. The van der Waals surface area contributed by atoms with Crippen molar-refractivity contribution in [3.05, 3.63) is 43.2 Å². The van der Waals surface area contributed by atoms with Gasteiger partial charge in [0.2, 0.25) is 0 Å². The fourth-order valence-corrected chi connectivity index (χ4v) is 7.71. The van der Waals surface area contributed by atoms with Gasteiger partial charge in [0.15, 0.2) is 0 Å². The van der Waals surface area contributed by atoms with Gasteiger partial charge in [-0.15, -0.1) is 23.5 Å². The molecule has 0 aliphatic carbocycles. The fraction of sp³-hybridized carbons (Fsp3) is 0.143. The van der Waals surface area contributed by atoms with E-state index in [9.17, 15) is 0 Å². The maximum Gasteiger partial charge on any atom is 0.136 e. The third kappa shape index (κ3) is 2.75. The summed E-state index contributed by atoms with van der Waals surface area (Å²) in [6.07, 6.45) is 0. The van der Waals surface area contributed by atoms with Gasteiger partial charge in [-0.2, -0.15) is 10.5 Å². The van der Waals surface area contributed by atoms with Crippen LogP contribution in [0.2, 0.25) is 0 Å². The summed E-state index contributed by atoms with van der Waals surface area (Å²) in [6.45, 7) is 0. The third-order valence-corrected chi connectivity index (χ3v) is 8.57. The maximum absolute atomic E-state index is 8.87. The summed E-state index contributed by atoms with van der Waals surface area (Å²) in [7, 11) is 0. The molecule has 98 valence electrons. The molecule has 2 aliphatic rings. The highest BCUT2D eigenvalue weighted by molar-refractivity contribution is 8.46. The number of nitrogens with zero attached hydrogens (tertiary/aromatic N) is 2. The monoisotopic (exact) mass is 332 g/mol. The first-order valence-corrected chi connectivity index (χ1v) is 9.42. The Morgan fingerprint density at radius 2 is 1.40 bits per heavy atom. The van der Waals surface area contributed by atoms with E-state index in [-0.39, 0.29) is 5.57 Å². The molecular formula is C14H8N2S4. The number of hydrogen-bond donors (Lipinski definition) is 0. The van der Waals surface area contributed by atoms with Crippen LogP contribution in [0.25, 0.3) is 9.81 Å². The predicted octanol–water partition coefficient (Wildman–Crippen LogP) is 3.04. The molecule has 2 aliphatic heterocycles. The Balaban J connectivity index is 1.98. The minimum atomic E-state index is 0.164. The number of rotatable bonds is 0. The third-order valence-electron chi connectivity index (χ3n) is 2.72. The van der Waals surface area contributed by atoms with Crippen LogP contribution in [0.5, 0.6) is 0 Å². The first-order valence-electron chi connectivity index (χ1n) is 5.82. The molecule has 0 aromatic heterocycles. The van der Waals surface area contributed by atoms with E-state index >= 15 is 0 Å². The minimum Gasteiger partial charge on any atom is -0.192 e. The van der Waals surface area contributed by atoms with Gasteiger partial charge in [0.25, 0.3) is 0 Å². The molecule has 1 aromatic rings. The predicted molar refractivity (Wildman–Crippen MR) is 90.9 cm³/mol. The normalized spacial score (nSPS) is 17.4. The molecule has 0 fully saturated rings. The minimum absolute atomic E-state index is 0.164. The summed E-state index contributed by atoms with van der Waals surface area (Å²) in [5.74, 6) is 2.37. The summed E-state index contributed by atoms with van der Waals surface area (Å²) < 4.78 is 4.14. The molecule has 1 aromatic carbocycles. The van der Waals surface area contributed by atoms with Crippen molar-refractivity contribution in [2.75, 3.05) is 11.5 Å². The van der Waals surface area contributed by atoms with Crippen LogP contribution in [-0.4, -0.2) is 11.5 Å². The smallest absolute Gasteiger partial charge is 0.136 e. The van der Waals surface area contributed by atoms with Crippen molar-refractivity contribution in [1.82, 2.24) is 0 Å². The zero-order chi connectivity index (χ0) is 13.9. The molecule has 0 spiro atoms. The Bertz CT molecular complexity index is 736. The molecule has 3 rings (SSSR count). The van der Waals surface area contributed by atoms with E-state index in [2.05, 4.69) is 0 Å². The largest absolute Gasteiger partial charge is 0.192 e. The molecule has 2 heterocycles. The molecule has 0 radical (unpaired) electrons. The lowest BCUT2D eigenvalue weighted by atomic mass is 10.2. The van der Waals surface area contributed by atoms with Crippen molar-refractivity contribution in [3.8, 4) is 12.1 Å². The second-order valence-corrected chi connectivity index (χ2v) is 8.97. The highest BCUT2D eigenvalue weighted by Gasteiger charge is 2.24. The van der Waals surface area contributed by atoms with Crippen molar-refractivity contribution in [2.24, 2.45) is 0 Å². The molecule has 0 N–H and O–H groups in total. The van der Waals surface area contributed by atoms with E-state index in [1.807, 2.05) is 83.5 Å². The van der Waals surface area contributed by atoms with Gasteiger partial charge in [-0.05, 0) is 5.22 Å². The zero-order valence-corrected chi connectivity index (χ0v) is 13.5. The van der Waals surface area contributed by atoms with Crippen molar-refractivity contribution in [3.63, 3.8) is 0 Å². The molecule has 2 nitrogen and oxygen atoms in total. The Labute approximate surface area is 134 Å². The molecule has 0 amide bonds. The van der Waals surface area contributed by atoms with Gasteiger partial charge >= 0.3 is 0 Å². The molecule has 0 unspecified atom stereocenters. The highest BCUT2D eigenvalue weighted by atomic mass is 32.3. The van der Waals surface area contributed by atoms with Crippen molar-refractivity contribution < 1.29 is 0 Å². The lowest BCUT2D eigenvalue weighted by Gasteiger charge is -2.08. The number of nitriles is 2. The lowest BCUT2D eigenvalue weighted by molar-refractivity contribution is 1.48. The SMILES string of the molecule is N#CC(C#N)=c1ccc(=C2SC3=C(SCCS3)S2)cc1. The Hall–Kier alpha value is -0.920. The topological polar surface area (TPSA) is 47.6 Å². The van der Waals surface area contributed by atoms with Crippen LogP contribution in [0, 0.1) is 22.7 Å². The second kappa shape index (κ2) is 6.24. The summed E-state index contributed by atoms with van der Waals surface area (Å²) in [4.78, 5) is 0. The summed E-state index contributed by atoms with van der Waals surface area (Å²) in [5, 5.41) is 19.6. The van der Waals surface area contributed by atoms with Crippen LogP contribution >= 0.6 is 47.0 Å². The lowest BCUT2D eigenvalue weighted by Crippen LogP contribution is -2.10. The van der Waals surface area contributed by atoms with E-state index in [4.69, 9.17) is 10.5 Å². The Kier molecular flexibility index (Phi) is 4.38. The van der Waals surface area contributed by atoms with Gasteiger partial charge in [-0.25, -0.2) is 0 Å². The van der Waals surface area contributed by atoms with Gasteiger partial charge in [0.1, 0.15) is 17.7 Å². The standard InChI is InChI=1S/C14H8N2S4/c15-7-11(8-16)9-1-3-10(4-2-9)12-19-13-14(20-12)18-6-5-17-13/h1-4H,5-6H2. The summed E-state index contributed by atoms with van der Waals surface area (Å²) in [6, 6.07) is 11.5. The quantitative estimate of drug-likeness (QED) is 0.728. The molecule has 0 atom stereocenters. The molecular weight excluding hydrogens is 324 g/mol. The maximum atomic E-state index is 8.87. The zero-order valence-electron chi connectivity index (χ0n) is 10.3. The first kappa shape index (κ1) is 14.0. The Morgan fingerprint density at radius 1 is 0.850 bits per heavy atom. The van der Waals surface area contributed by atoms with Crippen molar-refractivity contribution in [2.45, 2.75) is 0 Å². The molecule has 20 heavy (non-hydrogen) atoms. The van der Waals surface area contributed by atoms with Gasteiger partial charge in [0, 0.05) is 16.7 Å². The molecule has 6 heteroatoms. The van der Waals surface area contributed by atoms with E-state index in [0.29, 0.717) is 5.22 Å². The van der Waals surface area contributed by atoms with Gasteiger partial charge in [0.05, 0.1) is 12.7 Å². The average molecular weight is 332 g/mol. The van der Waals surface area contributed by atoms with Crippen molar-refractivity contribution in [1.29, 1.82) is 10.5 Å². The summed E-state index contributed by atoms with van der Waals surface area (Å²) >= 11 is 7.55. The number of thioether (sulfide) groups is 4. The van der Waals surface area contributed by atoms with Crippen LogP contribution in [0.15, 0.2) is 32.7 Å². The fourth-order valence-electron chi connectivity index (χ4n) is 1.76. The van der Waals surface area contributed by atoms with Crippen LogP contribution in [-0.2, 0) is 0 Å². The van der Waals surface area contributed by atoms with Crippen LogP contribution in [0.3, 0.4) is 0 Å².